The van der Waals surface area contributed by atoms with Crippen molar-refractivity contribution in [1.82, 2.24) is 9.97 Å². The summed E-state index contributed by atoms with van der Waals surface area (Å²) in [5.41, 5.74) is 3.63. The van der Waals surface area contributed by atoms with Gasteiger partial charge in [-0.25, -0.2) is 4.98 Å². The fourth-order valence-electron chi connectivity index (χ4n) is 2.90. The SMILES string of the molecule is CCCCCNc1cc(C)nc(N2CCc3ccccc32)n1. The number of aromatic nitrogens is 2. The zero-order chi connectivity index (χ0) is 15.4. The van der Waals surface area contributed by atoms with Crippen LogP contribution >= 0.6 is 0 Å². The molecule has 0 bridgehead atoms. The number of hydrogen-bond donors (Lipinski definition) is 1. The van der Waals surface area contributed by atoms with E-state index in [-0.39, 0.29) is 0 Å². The lowest BCUT2D eigenvalue weighted by atomic mass is 10.2. The highest BCUT2D eigenvalue weighted by atomic mass is 15.3. The minimum Gasteiger partial charge on any atom is -0.370 e. The van der Waals surface area contributed by atoms with Crippen molar-refractivity contribution in [2.24, 2.45) is 0 Å². The van der Waals surface area contributed by atoms with E-state index in [4.69, 9.17) is 4.98 Å². The highest BCUT2D eigenvalue weighted by molar-refractivity contribution is 5.66. The maximum absolute atomic E-state index is 4.72. The molecule has 1 aromatic carbocycles. The lowest BCUT2D eigenvalue weighted by Gasteiger charge is -2.18. The third-order valence-electron chi connectivity index (χ3n) is 4.06. The van der Waals surface area contributed by atoms with Gasteiger partial charge in [0.25, 0.3) is 0 Å². The highest BCUT2D eigenvalue weighted by Gasteiger charge is 2.22. The van der Waals surface area contributed by atoms with E-state index >= 15 is 0 Å². The Morgan fingerprint density at radius 3 is 2.91 bits per heavy atom. The summed E-state index contributed by atoms with van der Waals surface area (Å²) < 4.78 is 0. The number of unbranched alkanes of at least 4 members (excludes halogenated alkanes) is 2. The summed E-state index contributed by atoms with van der Waals surface area (Å²) in [6, 6.07) is 10.5. The van der Waals surface area contributed by atoms with Crippen molar-refractivity contribution in [3.63, 3.8) is 0 Å². The van der Waals surface area contributed by atoms with Crippen LogP contribution in [0.4, 0.5) is 17.5 Å². The third kappa shape index (κ3) is 3.21. The van der Waals surface area contributed by atoms with Crippen molar-refractivity contribution in [1.29, 1.82) is 0 Å². The Hall–Kier alpha value is -2.10. The van der Waals surface area contributed by atoms with Crippen LogP contribution < -0.4 is 10.2 Å². The topological polar surface area (TPSA) is 41.1 Å². The molecule has 1 N–H and O–H groups in total. The van der Waals surface area contributed by atoms with Crippen molar-refractivity contribution in [2.75, 3.05) is 23.3 Å². The first-order chi connectivity index (χ1) is 10.8. The van der Waals surface area contributed by atoms with Gasteiger partial charge in [0.15, 0.2) is 0 Å². The number of hydrogen-bond acceptors (Lipinski definition) is 4. The summed E-state index contributed by atoms with van der Waals surface area (Å²) in [6.45, 7) is 6.18. The van der Waals surface area contributed by atoms with Gasteiger partial charge in [0.05, 0.1) is 0 Å². The largest absolute Gasteiger partial charge is 0.370 e. The maximum Gasteiger partial charge on any atom is 0.232 e. The molecule has 1 aliphatic rings. The van der Waals surface area contributed by atoms with Gasteiger partial charge in [0.1, 0.15) is 5.82 Å². The van der Waals surface area contributed by atoms with Gasteiger partial charge in [-0.05, 0) is 31.4 Å². The average Bonchev–Trinajstić information content (AvgIpc) is 2.95. The Kier molecular flexibility index (Phi) is 4.56. The van der Waals surface area contributed by atoms with Gasteiger partial charge >= 0.3 is 0 Å². The first-order valence-electron chi connectivity index (χ1n) is 8.23. The lowest BCUT2D eigenvalue weighted by Crippen LogP contribution is -2.18. The molecule has 116 valence electrons. The van der Waals surface area contributed by atoms with E-state index in [1.165, 1.54) is 30.5 Å². The normalized spacial score (nSPS) is 13.3. The molecule has 0 saturated heterocycles. The fourth-order valence-corrected chi connectivity index (χ4v) is 2.90. The molecule has 1 aromatic heterocycles. The molecule has 22 heavy (non-hydrogen) atoms. The number of benzene rings is 1. The first-order valence-corrected chi connectivity index (χ1v) is 8.23. The fraction of sp³-hybridized carbons (Fsp3) is 0.444. The number of para-hydroxylation sites is 1. The number of nitrogens with one attached hydrogen (secondary N) is 1. The van der Waals surface area contributed by atoms with E-state index in [0.29, 0.717) is 0 Å². The van der Waals surface area contributed by atoms with Crippen molar-refractivity contribution in [2.45, 2.75) is 39.5 Å². The zero-order valence-electron chi connectivity index (χ0n) is 13.5. The van der Waals surface area contributed by atoms with E-state index in [1.807, 2.05) is 13.0 Å². The quantitative estimate of drug-likeness (QED) is 0.815. The predicted octanol–water partition coefficient (Wildman–Crippen LogP) is 4.08. The highest BCUT2D eigenvalue weighted by Crippen LogP contribution is 2.32. The minimum absolute atomic E-state index is 0.808. The van der Waals surface area contributed by atoms with E-state index < -0.39 is 0 Å². The van der Waals surface area contributed by atoms with Crippen LogP contribution in [0.15, 0.2) is 30.3 Å². The van der Waals surface area contributed by atoms with E-state index in [0.717, 1.165) is 37.0 Å². The van der Waals surface area contributed by atoms with Gasteiger partial charge in [-0.2, -0.15) is 4.98 Å². The Morgan fingerprint density at radius 2 is 2.05 bits per heavy atom. The summed E-state index contributed by atoms with van der Waals surface area (Å²) in [7, 11) is 0. The Labute approximate surface area is 132 Å². The van der Waals surface area contributed by atoms with Crippen LogP contribution in [-0.4, -0.2) is 23.1 Å². The molecular formula is C18H24N4. The van der Waals surface area contributed by atoms with Crippen molar-refractivity contribution in [3.8, 4) is 0 Å². The molecule has 0 fully saturated rings. The molecule has 0 unspecified atom stereocenters. The van der Waals surface area contributed by atoms with Crippen LogP contribution in [0.1, 0.15) is 37.4 Å². The summed E-state index contributed by atoms with van der Waals surface area (Å²) in [6.07, 6.45) is 4.73. The second kappa shape index (κ2) is 6.77. The van der Waals surface area contributed by atoms with Gasteiger partial charge in [-0.3, -0.25) is 0 Å². The second-order valence-electron chi connectivity index (χ2n) is 5.86. The molecule has 0 amide bonds. The summed E-state index contributed by atoms with van der Waals surface area (Å²) in [4.78, 5) is 11.6. The summed E-state index contributed by atoms with van der Waals surface area (Å²) in [5.74, 6) is 1.74. The molecule has 4 nitrogen and oxygen atoms in total. The van der Waals surface area contributed by atoms with Crippen LogP contribution in [0.5, 0.6) is 0 Å². The van der Waals surface area contributed by atoms with E-state index in [1.54, 1.807) is 0 Å². The molecule has 1 aliphatic heterocycles. The van der Waals surface area contributed by atoms with Gasteiger partial charge < -0.3 is 10.2 Å². The van der Waals surface area contributed by atoms with Crippen molar-refractivity contribution >= 4 is 17.5 Å². The monoisotopic (exact) mass is 296 g/mol. The van der Waals surface area contributed by atoms with Crippen LogP contribution in [0.25, 0.3) is 0 Å². The van der Waals surface area contributed by atoms with Crippen LogP contribution in [0, 0.1) is 6.92 Å². The van der Waals surface area contributed by atoms with E-state index in [2.05, 4.69) is 46.4 Å². The second-order valence-corrected chi connectivity index (χ2v) is 5.86. The molecule has 0 radical (unpaired) electrons. The summed E-state index contributed by atoms with van der Waals surface area (Å²) in [5, 5.41) is 3.43. The Bertz CT molecular complexity index is 639. The first kappa shape index (κ1) is 14.8. The molecule has 0 aliphatic carbocycles. The average molecular weight is 296 g/mol. The molecule has 2 heterocycles. The molecular weight excluding hydrogens is 272 g/mol. The zero-order valence-corrected chi connectivity index (χ0v) is 13.5. The number of fused-ring (bicyclic) bond motifs is 1. The van der Waals surface area contributed by atoms with E-state index in [9.17, 15) is 0 Å². The van der Waals surface area contributed by atoms with Gasteiger partial charge in [-0.1, -0.05) is 38.0 Å². The molecule has 2 aromatic rings. The van der Waals surface area contributed by atoms with Crippen molar-refractivity contribution in [3.05, 3.63) is 41.6 Å². The number of anilines is 3. The molecule has 0 spiro atoms. The summed E-state index contributed by atoms with van der Waals surface area (Å²) >= 11 is 0. The van der Waals surface area contributed by atoms with Gasteiger partial charge in [0, 0.05) is 30.5 Å². The van der Waals surface area contributed by atoms with Crippen molar-refractivity contribution < 1.29 is 0 Å². The van der Waals surface area contributed by atoms with Gasteiger partial charge in [-0.15, -0.1) is 0 Å². The maximum atomic E-state index is 4.72. The van der Waals surface area contributed by atoms with Gasteiger partial charge in [0.2, 0.25) is 5.95 Å². The molecule has 0 atom stereocenters. The standard InChI is InChI=1S/C18H24N4/c1-3-4-7-11-19-17-13-14(2)20-18(21-17)22-12-10-15-8-5-6-9-16(15)22/h5-6,8-9,13H,3-4,7,10-12H2,1-2H3,(H,19,20,21). The van der Waals surface area contributed by atoms with Crippen LogP contribution in [-0.2, 0) is 6.42 Å². The van der Waals surface area contributed by atoms with Crippen LogP contribution in [0.2, 0.25) is 0 Å². The smallest absolute Gasteiger partial charge is 0.232 e. The van der Waals surface area contributed by atoms with Crippen LogP contribution in [0.3, 0.4) is 0 Å². The molecule has 4 heteroatoms. The predicted molar refractivity (Wildman–Crippen MR) is 91.9 cm³/mol. The Morgan fingerprint density at radius 1 is 1.18 bits per heavy atom. The number of aryl methyl sites for hydroxylation is 1. The number of nitrogens with zero attached hydrogens (tertiary/aromatic N) is 3. The number of rotatable bonds is 6. The molecule has 3 rings (SSSR count). The minimum atomic E-state index is 0.808. The Balaban J connectivity index is 1.78. The molecule has 0 saturated carbocycles. The lowest BCUT2D eigenvalue weighted by molar-refractivity contribution is 0.742. The third-order valence-corrected chi connectivity index (χ3v) is 4.06.